The lowest BCUT2D eigenvalue weighted by Crippen LogP contribution is -2.43. The Balaban J connectivity index is 1.46. The molecule has 1 saturated carbocycles. The van der Waals surface area contributed by atoms with E-state index in [0.717, 1.165) is 47.9 Å². The summed E-state index contributed by atoms with van der Waals surface area (Å²) in [6.45, 7) is 3.50. The van der Waals surface area contributed by atoms with Gasteiger partial charge >= 0.3 is 0 Å². The number of hydrogen-bond acceptors (Lipinski definition) is 5. The molecule has 0 bridgehead atoms. The Labute approximate surface area is 232 Å². The van der Waals surface area contributed by atoms with Gasteiger partial charge in [-0.3, -0.25) is 19.4 Å². The number of nitrogens with two attached hydrogens (primary N) is 1. The number of piperidine rings is 1. The lowest BCUT2D eigenvalue weighted by molar-refractivity contribution is 0.0715. The van der Waals surface area contributed by atoms with E-state index in [0.29, 0.717) is 41.5 Å². The third kappa shape index (κ3) is 5.27. The largest absolute Gasteiger partial charge is 0.349 e. The summed E-state index contributed by atoms with van der Waals surface area (Å²) in [5.74, 6) is -0.186. The molecule has 8 heteroatoms. The highest BCUT2D eigenvalue weighted by molar-refractivity contribution is 6.07. The van der Waals surface area contributed by atoms with Gasteiger partial charge in [0.1, 0.15) is 0 Å². The number of pyridine rings is 2. The maximum absolute atomic E-state index is 13.9. The molecule has 8 nitrogen and oxygen atoms in total. The topological polar surface area (TPSA) is 110 Å². The number of carbonyl (C=O) groups is 2. The minimum absolute atomic E-state index is 0.0808. The number of fused-ring (bicyclic) bond motifs is 1. The molecule has 6 rings (SSSR count). The molecule has 2 aromatic carbocycles. The van der Waals surface area contributed by atoms with Crippen molar-refractivity contribution >= 4 is 22.6 Å². The van der Waals surface area contributed by atoms with Crippen LogP contribution in [0.3, 0.4) is 0 Å². The predicted octanol–water partition coefficient (Wildman–Crippen LogP) is 3.88. The van der Waals surface area contributed by atoms with E-state index in [1.165, 1.54) is 0 Å². The van der Waals surface area contributed by atoms with Gasteiger partial charge in [-0.2, -0.15) is 0 Å². The van der Waals surface area contributed by atoms with Crippen molar-refractivity contribution in [3.05, 3.63) is 99.7 Å². The van der Waals surface area contributed by atoms with Gasteiger partial charge in [-0.15, -0.1) is 0 Å². The molecule has 40 heavy (non-hydrogen) atoms. The molecule has 2 aromatic heterocycles. The van der Waals surface area contributed by atoms with Crippen LogP contribution in [0, 0.1) is 6.92 Å². The van der Waals surface area contributed by atoms with E-state index < -0.39 is 0 Å². The van der Waals surface area contributed by atoms with Gasteiger partial charge in [0.05, 0.1) is 12.1 Å². The van der Waals surface area contributed by atoms with E-state index in [1.807, 2.05) is 54.3 Å². The minimum Gasteiger partial charge on any atom is -0.349 e. The second kappa shape index (κ2) is 10.7. The van der Waals surface area contributed by atoms with Crippen molar-refractivity contribution in [1.29, 1.82) is 0 Å². The summed E-state index contributed by atoms with van der Waals surface area (Å²) < 4.78 is 1.61. The predicted molar refractivity (Wildman–Crippen MR) is 155 cm³/mol. The third-order valence-corrected chi connectivity index (χ3v) is 7.97. The van der Waals surface area contributed by atoms with Gasteiger partial charge in [-0.25, -0.2) is 0 Å². The van der Waals surface area contributed by atoms with Gasteiger partial charge in [0.25, 0.3) is 17.4 Å². The monoisotopic (exact) mass is 535 g/mol. The van der Waals surface area contributed by atoms with Crippen molar-refractivity contribution in [1.82, 2.24) is 19.8 Å². The van der Waals surface area contributed by atoms with Gasteiger partial charge in [-0.05, 0) is 91.3 Å². The van der Waals surface area contributed by atoms with Gasteiger partial charge < -0.3 is 20.5 Å². The number of amides is 2. The third-order valence-electron chi connectivity index (χ3n) is 7.97. The van der Waals surface area contributed by atoms with E-state index in [1.54, 1.807) is 29.2 Å². The van der Waals surface area contributed by atoms with Crippen LogP contribution < -0.4 is 16.6 Å². The lowest BCUT2D eigenvalue weighted by atomic mass is 9.94. The number of aryl methyl sites for hydroxylation is 1. The van der Waals surface area contributed by atoms with E-state index >= 15 is 0 Å². The van der Waals surface area contributed by atoms with Crippen LogP contribution in [0.15, 0.2) is 71.9 Å². The zero-order valence-corrected chi connectivity index (χ0v) is 22.6. The zero-order valence-electron chi connectivity index (χ0n) is 22.6. The Morgan fingerprint density at radius 2 is 1.73 bits per heavy atom. The van der Waals surface area contributed by atoms with Gasteiger partial charge in [0, 0.05) is 60.1 Å². The number of nitrogens with zero attached hydrogens (tertiary/aromatic N) is 3. The van der Waals surface area contributed by atoms with Crippen LogP contribution in [0.4, 0.5) is 0 Å². The first-order valence-corrected chi connectivity index (χ1v) is 13.9. The summed E-state index contributed by atoms with van der Waals surface area (Å²) in [6.07, 6.45) is 8.62. The molecule has 0 unspecified atom stereocenters. The molecule has 2 fully saturated rings. The second-order valence-corrected chi connectivity index (χ2v) is 11.0. The molecule has 3 heterocycles. The number of likely N-dealkylation sites (tertiary alicyclic amines) is 1. The lowest BCUT2D eigenvalue weighted by Gasteiger charge is -2.30. The SMILES string of the molecule is Cc1ccc(C(=O)NC2CC2)cc1-c1ccc2c(=O)n(Cc3ccncc3)cc(C(=O)N3CCC(N)CC3)c2c1. The average molecular weight is 536 g/mol. The van der Waals surface area contributed by atoms with Crippen molar-refractivity contribution in [2.24, 2.45) is 5.73 Å². The van der Waals surface area contributed by atoms with E-state index in [-0.39, 0.29) is 29.5 Å². The molecule has 4 aromatic rings. The van der Waals surface area contributed by atoms with Crippen molar-refractivity contribution in [3.8, 4) is 11.1 Å². The highest BCUT2D eigenvalue weighted by atomic mass is 16.2. The molecule has 2 aliphatic rings. The van der Waals surface area contributed by atoms with Crippen LogP contribution in [0.25, 0.3) is 21.9 Å². The normalized spacial score (nSPS) is 15.8. The van der Waals surface area contributed by atoms with Crippen molar-refractivity contribution in [3.63, 3.8) is 0 Å². The zero-order chi connectivity index (χ0) is 27.8. The maximum atomic E-state index is 13.9. The number of hydrogen-bond donors (Lipinski definition) is 2. The summed E-state index contributed by atoms with van der Waals surface area (Å²) in [6, 6.07) is 15.4. The Morgan fingerprint density at radius 3 is 2.45 bits per heavy atom. The Kier molecular flexibility index (Phi) is 6.94. The molecule has 0 radical (unpaired) electrons. The van der Waals surface area contributed by atoms with Crippen molar-refractivity contribution in [2.45, 2.75) is 51.2 Å². The molecular weight excluding hydrogens is 502 g/mol. The highest BCUT2D eigenvalue weighted by Crippen LogP contribution is 2.30. The van der Waals surface area contributed by atoms with Crippen LogP contribution >= 0.6 is 0 Å². The first-order chi connectivity index (χ1) is 19.4. The molecule has 3 N–H and O–H groups in total. The quantitative estimate of drug-likeness (QED) is 0.389. The highest BCUT2D eigenvalue weighted by Gasteiger charge is 2.26. The van der Waals surface area contributed by atoms with Crippen molar-refractivity contribution in [2.75, 3.05) is 13.1 Å². The van der Waals surface area contributed by atoms with Gasteiger partial charge in [0.15, 0.2) is 0 Å². The Morgan fingerprint density at radius 1 is 0.975 bits per heavy atom. The summed E-state index contributed by atoms with van der Waals surface area (Å²) in [4.78, 5) is 46.2. The minimum atomic E-state index is -0.162. The maximum Gasteiger partial charge on any atom is 0.258 e. The van der Waals surface area contributed by atoms with Crippen molar-refractivity contribution < 1.29 is 9.59 Å². The fourth-order valence-corrected chi connectivity index (χ4v) is 5.38. The van der Waals surface area contributed by atoms with Crippen LogP contribution in [-0.4, -0.2) is 51.4 Å². The average Bonchev–Trinajstić information content (AvgIpc) is 3.79. The molecule has 0 spiro atoms. The standard InChI is InChI=1S/C32H33N5O3/c1-20-2-3-23(30(38)35-25-5-6-25)17-27(20)22-4-7-26-28(16-22)29(32(40)36-14-10-24(33)11-15-36)19-37(31(26)39)18-21-8-12-34-13-9-21/h2-4,7-9,12-13,16-17,19,24-25H,5-6,10-11,14-15,18,33H2,1H3,(H,35,38). The van der Waals surface area contributed by atoms with E-state index in [9.17, 15) is 14.4 Å². The summed E-state index contributed by atoms with van der Waals surface area (Å²) in [5, 5.41) is 4.14. The van der Waals surface area contributed by atoms with E-state index in [4.69, 9.17) is 5.73 Å². The number of rotatable bonds is 6. The first kappa shape index (κ1) is 26.0. The number of benzene rings is 2. The summed E-state index contributed by atoms with van der Waals surface area (Å²) in [7, 11) is 0. The van der Waals surface area contributed by atoms with Gasteiger partial charge in [-0.1, -0.05) is 12.1 Å². The molecule has 1 aliphatic heterocycles. The van der Waals surface area contributed by atoms with Gasteiger partial charge in [0.2, 0.25) is 0 Å². The summed E-state index contributed by atoms with van der Waals surface area (Å²) >= 11 is 0. The molecule has 0 atom stereocenters. The molecular formula is C32H33N5O3. The van der Waals surface area contributed by atoms with Crippen LogP contribution in [0.5, 0.6) is 0 Å². The number of aromatic nitrogens is 2. The Hall–Kier alpha value is -4.30. The first-order valence-electron chi connectivity index (χ1n) is 13.9. The van der Waals surface area contributed by atoms with Crippen LogP contribution in [0.1, 0.15) is 57.5 Å². The Bertz CT molecular complexity index is 1650. The molecule has 2 amide bonds. The molecule has 1 aliphatic carbocycles. The number of nitrogens with one attached hydrogen (secondary N) is 1. The smallest absolute Gasteiger partial charge is 0.258 e. The fourth-order valence-electron chi connectivity index (χ4n) is 5.38. The van der Waals surface area contributed by atoms with Crippen LogP contribution in [-0.2, 0) is 6.54 Å². The van der Waals surface area contributed by atoms with E-state index in [2.05, 4.69) is 10.3 Å². The summed E-state index contributed by atoms with van der Waals surface area (Å²) in [5.41, 5.74) is 10.7. The van der Waals surface area contributed by atoms with Crippen LogP contribution in [0.2, 0.25) is 0 Å². The number of carbonyl (C=O) groups excluding carboxylic acids is 2. The fraction of sp³-hybridized carbons (Fsp3) is 0.312. The molecule has 1 saturated heterocycles. The second-order valence-electron chi connectivity index (χ2n) is 11.0. The molecule has 204 valence electrons.